The minimum Gasteiger partial charge on any atom is -0.391 e. The smallest absolute Gasteiger partial charge is 0.270 e. The van der Waals surface area contributed by atoms with Gasteiger partial charge in [0, 0.05) is 41.8 Å². The fourth-order valence-electron chi connectivity index (χ4n) is 3.40. The molecule has 25 heavy (non-hydrogen) atoms. The van der Waals surface area contributed by atoms with Gasteiger partial charge in [0.25, 0.3) is 5.91 Å². The SMILES string of the molecule is O=C(c1cc2cc(F)ccc2[nH]1)N1C[C@@H](Cc2ccccn2)[C@H](O)C1. The summed E-state index contributed by atoms with van der Waals surface area (Å²) in [7, 11) is 0. The summed E-state index contributed by atoms with van der Waals surface area (Å²) in [6.07, 6.45) is 1.78. The van der Waals surface area contributed by atoms with E-state index < -0.39 is 6.10 Å². The van der Waals surface area contributed by atoms with E-state index in [0.29, 0.717) is 30.6 Å². The molecule has 0 aliphatic carbocycles. The van der Waals surface area contributed by atoms with Crippen molar-refractivity contribution in [3.8, 4) is 0 Å². The molecule has 6 heteroatoms. The number of rotatable bonds is 3. The second-order valence-corrected chi connectivity index (χ2v) is 6.48. The first-order valence-electron chi connectivity index (χ1n) is 8.25. The normalized spacial score (nSPS) is 20.3. The van der Waals surface area contributed by atoms with E-state index in [1.54, 1.807) is 23.2 Å². The molecule has 0 radical (unpaired) electrons. The van der Waals surface area contributed by atoms with Crippen LogP contribution in [-0.2, 0) is 6.42 Å². The molecule has 0 unspecified atom stereocenters. The molecular weight excluding hydrogens is 321 g/mol. The summed E-state index contributed by atoms with van der Waals surface area (Å²) in [5, 5.41) is 11.0. The molecule has 128 valence electrons. The Morgan fingerprint density at radius 1 is 1.28 bits per heavy atom. The zero-order valence-electron chi connectivity index (χ0n) is 13.5. The molecular formula is C19H18FN3O2. The van der Waals surface area contributed by atoms with Gasteiger partial charge in [0.05, 0.1) is 6.10 Å². The van der Waals surface area contributed by atoms with Crippen molar-refractivity contribution in [1.29, 1.82) is 0 Å². The van der Waals surface area contributed by atoms with Gasteiger partial charge in [-0.3, -0.25) is 9.78 Å². The number of aliphatic hydroxyl groups is 1. The van der Waals surface area contributed by atoms with Gasteiger partial charge >= 0.3 is 0 Å². The van der Waals surface area contributed by atoms with Crippen LogP contribution in [0.1, 0.15) is 16.2 Å². The van der Waals surface area contributed by atoms with Crippen molar-refractivity contribution in [3.05, 3.63) is 65.9 Å². The highest BCUT2D eigenvalue weighted by Gasteiger charge is 2.35. The van der Waals surface area contributed by atoms with Gasteiger partial charge in [-0.2, -0.15) is 0 Å². The van der Waals surface area contributed by atoms with Gasteiger partial charge in [0.1, 0.15) is 11.5 Å². The zero-order chi connectivity index (χ0) is 17.4. The lowest BCUT2D eigenvalue weighted by Crippen LogP contribution is -2.29. The third-order valence-electron chi connectivity index (χ3n) is 4.70. The zero-order valence-corrected chi connectivity index (χ0v) is 13.5. The second-order valence-electron chi connectivity index (χ2n) is 6.48. The molecule has 0 bridgehead atoms. The Morgan fingerprint density at radius 2 is 2.16 bits per heavy atom. The topological polar surface area (TPSA) is 69.2 Å². The van der Waals surface area contributed by atoms with Crippen LogP contribution in [0.15, 0.2) is 48.7 Å². The molecule has 0 saturated carbocycles. The summed E-state index contributed by atoms with van der Waals surface area (Å²) >= 11 is 0. The second kappa shape index (κ2) is 6.29. The Hall–Kier alpha value is -2.73. The van der Waals surface area contributed by atoms with E-state index >= 15 is 0 Å². The van der Waals surface area contributed by atoms with Crippen molar-refractivity contribution in [2.45, 2.75) is 12.5 Å². The van der Waals surface area contributed by atoms with Gasteiger partial charge in [-0.15, -0.1) is 0 Å². The number of pyridine rings is 1. The lowest BCUT2D eigenvalue weighted by molar-refractivity contribution is 0.0760. The molecule has 2 aromatic heterocycles. The van der Waals surface area contributed by atoms with Crippen LogP contribution in [0.5, 0.6) is 0 Å². The lowest BCUT2D eigenvalue weighted by atomic mass is 10.00. The molecule has 2 atom stereocenters. The van der Waals surface area contributed by atoms with Crippen molar-refractivity contribution in [3.63, 3.8) is 0 Å². The number of carbonyl (C=O) groups excluding carboxylic acids is 1. The molecule has 1 saturated heterocycles. The molecule has 1 aliphatic rings. The fraction of sp³-hybridized carbons (Fsp3) is 0.263. The third kappa shape index (κ3) is 3.13. The van der Waals surface area contributed by atoms with Crippen LogP contribution in [-0.4, -0.2) is 45.1 Å². The van der Waals surface area contributed by atoms with Gasteiger partial charge in [-0.05, 0) is 42.8 Å². The third-order valence-corrected chi connectivity index (χ3v) is 4.70. The Kier molecular flexibility index (Phi) is 3.97. The van der Waals surface area contributed by atoms with Crippen LogP contribution < -0.4 is 0 Å². The predicted octanol–water partition coefficient (Wildman–Crippen LogP) is 2.38. The van der Waals surface area contributed by atoms with Gasteiger partial charge in [0.2, 0.25) is 0 Å². The number of aromatic nitrogens is 2. The summed E-state index contributed by atoms with van der Waals surface area (Å²) in [5.74, 6) is -0.558. The van der Waals surface area contributed by atoms with E-state index in [9.17, 15) is 14.3 Å². The standard InChI is InChI=1S/C19H18FN3O2/c20-14-4-5-16-12(7-14)9-17(22-16)19(25)23-10-13(18(24)11-23)8-15-3-1-2-6-21-15/h1-7,9,13,18,22,24H,8,10-11H2/t13-,18-/m1/s1. The number of H-pyrrole nitrogens is 1. The minimum atomic E-state index is -0.576. The maximum absolute atomic E-state index is 13.3. The van der Waals surface area contributed by atoms with Crippen LogP contribution in [0.3, 0.4) is 0 Å². The van der Waals surface area contributed by atoms with E-state index in [1.165, 1.54) is 12.1 Å². The summed E-state index contributed by atoms with van der Waals surface area (Å²) in [6, 6.07) is 11.7. The molecule has 4 rings (SSSR count). The first-order valence-corrected chi connectivity index (χ1v) is 8.25. The van der Waals surface area contributed by atoms with E-state index in [-0.39, 0.29) is 17.6 Å². The predicted molar refractivity (Wildman–Crippen MR) is 91.6 cm³/mol. The summed E-state index contributed by atoms with van der Waals surface area (Å²) in [5.41, 5.74) is 2.03. The van der Waals surface area contributed by atoms with E-state index in [2.05, 4.69) is 9.97 Å². The molecule has 2 N–H and O–H groups in total. The Labute approximate surface area is 144 Å². The van der Waals surface area contributed by atoms with Crippen molar-refractivity contribution >= 4 is 16.8 Å². The quantitative estimate of drug-likeness (QED) is 0.770. The first kappa shape index (κ1) is 15.8. The Morgan fingerprint density at radius 3 is 2.96 bits per heavy atom. The number of hydrogen-bond donors (Lipinski definition) is 2. The number of nitrogens with zero attached hydrogens (tertiary/aromatic N) is 2. The number of aromatic amines is 1. The minimum absolute atomic E-state index is 0.0410. The highest BCUT2D eigenvalue weighted by atomic mass is 19.1. The number of hydrogen-bond acceptors (Lipinski definition) is 3. The number of fused-ring (bicyclic) bond motifs is 1. The maximum atomic E-state index is 13.3. The number of benzene rings is 1. The number of carbonyl (C=O) groups is 1. The average molecular weight is 339 g/mol. The number of aliphatic hydroxyl groups excluding tert-OH is 1. The Balaban J connectivity index is 1.50. The molecule has 3 aromatic rings. The lowest BCUT2D eigenvalue weighted by Gasteiger charge is -2.15. The summed E-state index contributed by atoms with van der Waals surface area (Å²) in [4.78, 5) is 21.7. The number of amides is 1. The largest absolute Gasteiger partial charge is 0.391 e. The van der Waals surface area contributed by atoms with Crippen LogP contribution in [0.25, 0.3) is 10.9 Å². The molecule has 1 aromatic carbocycles. The van der Waals surface area contributed by atoms with E-state index in [1.807, 2.05) is 18.2 Å². The van der Waals surface area contributed by atoms with Crippen molar-refractivity contribution in [1.82, 2.24) is 14.9 Å². The molecule has 0 spiro atoms. The number of halogens is 1. The number of β-amino-alcohol motifs (C(OH)–C–C–N with tert-alkyl or cyclic N) is 1. The molecule has 1 fully saturated rings. The van der Waals surface area contributed by atoms with Gasteiger partial charge in [-0.1, -0.05) is 6.07 Å². The van der Waals surface area contributed by atoms with Crippen molar-refractivity contribution < 1.29 is 14.3 Å². The summed E-state index contributed by atoms with van der Waals surface area (Å²) in [6.45, 7) is 0.764. The molecule has 5 nitrogen and oxygen atoms in total. The van der Waals surface area contributed by atoms with E-state index in [0.717, 1.165) is 11.2 Å². The van der Waals surface area contributed by atoms with E-state index in [4.69, 9.17) is 0 Å². The van der Waals surface area contributed by atoms with Crippen LogP contribution >= 0.6 is 0 Å². The molecule has 1 aliphatic heterocycles. The summed E-state index contributed by atoms with van der Waals surface area (Å²) < 4.78 is 13.3. The highest BCUT2D eigenvalue weighted by molar-refractivity contribution is 5.98. The average Bonchev–Trinajstić information content (AvgIpc) is 3.19. The Bertz CT molecular complexity index is 909. The maximum Gasteiger partial charge on any atom is 0.270 e. The van der Waals surface area contributed by atoms with Gasteiger partial charge in [-0.25, -0.2) is 4.39 Å². The number of likely N-dealkylation sites (tertiary alicyclic amines) is 1. The number of nitrogens with one attached hydrogen (secondary N) is 1. The monoisotopic (exact) mass is 339 g/mol. The van der Waals surface area contributed by atoms with Gasteiger partial charge < -0.3 is 15.0 Å². The first-order chi connectivity index (χ1) is 12.1. The molecule has 3 heterocycles. The van der Waals surface area contributed by atoms with Crippen molar-refractivity contribution in [2.24, 2.45) is 5.92 Å². The van der Waals surface area contributed by atoms with Crippen LogP contribution in [0.4, 0.5) is 4.39 Å². The fourth-order valence-corrected chi connectivity index (χ4v) is 3.40. The van der Waals surface area contributed by atoms with Crippen molar-refractivity contribution in [2.75, 3.05) is 13.1 Å². The molecule has 1 amide bonds. The van der Waals surface area contributed by atoms with Crippen LogP contribution in [0.2, 0.25) is 0 Å². The van der Waals surface area contributed by atoms with Gasteiger partial charge in [0.15, 0.2) is 0 Å². The van der Waals surface area contributed by atoms with Crippen LogP contribution in [0, 0.1) is 11.7 Å². The highest BCUT2D eigenvalue weighted by Crippen LogP contribution is 2.24.